The Bertz CT molecular complexity index is 1300. The summed E-state index contributed by atoms with van der Waals surface area (Å²) in [5, 5.41) is 16.2. The number of piperidine rings is 1. The molecule has 194 valence electrons. The van der Waals surface area contributed by atoms with E-state index in [2.05, 4.69) is 10.1 Å². The maximum atomic E-state index is 13.7. The van der Waals surface area contributed by atoms with Gasteiger partial charge in [-0.25, -0.2) is 9.78 Å². The first-order valence-corrected chi connectivity index (χ1v) is 13.3. The molecule has 9 nitrogen and oxygen atoms in total. The van der Waals surface area contributed by atoms with Gasteiger partial charge < -0.3 is 19.4 Å². The number of rotatable bonds is 4. The highest BCUT2D eigenvalue weighted by Gasteiger charge is 2.56. The molecule has 3 aromatic rings. The number of carbonyl (C=O) groups excluding carboxylic acids is 1. The number of hydrogen-bond donors (Lipinski definition) is 1. The smallest absolute Gasteiger partial charge is 0.320 e. The highest BCUT2D eigenvalue weighted by atomic mass is 16.5. The second-order valence-corrected chi connectivity index (χ2v) is 10.9. The van der Waals surface area contributed by atoms with Crippen molar-refractivity contribution in [2.45, 2.75) is 63.1 Å². The molecular formula is C28H33N5O4. The average Bonchev–Trinajstić information content (AvgIpc) is 3.70. The summed E-state index contributed by atoms with van der Waals surface area (Å²) in [5.41, 5.74) is 0.590. The molecule has 37 heavy (non-hydrogen) atoms. The molecule has 2 unspecified atom stereocenters. The van der Waals surface area contributed by atoms with Gasteiger partial charge in [-0.3, -0.25) is 9.36 Å². The van der Waals surface area contributed by atoms with Crippen molar-refractivity contribution >= 4 is 6.03 Å². The largest absolute Gasteiger partial charge is 0.387 e. The van der Waals surface area contributed by atoms with Crippen LogP contribution in [0.5, 0.6) is 0 Å². The number of benzene rings is 1. The van der Waals surface area contributed by atoms with E-state index in [4.69, 9.17) is 4.52 Å². The van der Waals surface area contributed by atoms with Gasteiger partial charge in [0.15, 0.2) is 0 Å². The molecule has 1 spiro atoms. The molecule has 1 aliphatic carbocycles. The molecule has 2 aromatic heterocycles. The number of aliphatic hydroxyl groups is 1. The Hall–Kier alpha value is -3.46. The molecule has 1 aromatic carbocycles. The number of amides is 2. The lowest BCUT2D eigenvalue weighted by molar-refractivity contribution is -0.136. The van der Waals surface area contributed by atoms with E-state index in [9.17, 15) is 14.7 Å². The van der Waals surface area contributed by atoms with Crippen LogP contribution in [0.1, 0.15) is 56.7 Å². The van der Waals surface area contributed by atoms with Gasteiger partial charge in [0.1, 0.15) is 12.0 Å². The quantitative estimate of drug-likeness (QED) is 0.580. The van der Waals surface area contributed by atoms with E-state index in [1.807, 2.05) is 46.2 Å². The van der Waals surface area contributed by atoms with Crippen molar-refractivity contribution in [3.05, 3.63) is 71.1 Å². The van der Waals surface area contributed by atoms with Crippen LogP contribution in [-0.2, 0) is 6.54 Å². The zero-order valence-corrected chi connectivity index (χ0v) is 21.0. The predicted molar refractivity (Wildman–Crippen MR) is 137 cm³/mol. The number of carbonyl (C=O) groups is 1. The number of nitrogens with zero attached hydrogens (tertiary/aromatic N) is 5. The third-order valence-electron chi connectivity index (χ3n) is 8.79. The summed E-state index contributed by atoms with van der Waals surface area (Å²) < 4.78 is 6.57. The molecular weight excluding hydrogens is 470 g/mol. The van der Waals surface area contributed by atoms with Gasteiger partial charge in [-0.05, 0) is 32.1 Å². The zero-order valence-electron chi connectivity index (χ0n) is 21.0. The first kappa shape index (κ1) is 23.9. The fourth-order valence-corrected chi connectivity index (χ4v) is 6.73. The molecule has 2 saturated heterocycles. The molecule has 1 saturated carbocycles. The molecule has 4 heterocycles. The summed E-state index contributed by atoms with van der Waals surface area (Å²) in [4.78, 5) is 35.1. The van der Waals surface area contributed by atoms with E-state index < -0.39 is 11.0 Å². The van der Waals surface area contributed by atoms with Crippen LogP contribution in [0.3, 0.4) is 0 Å². The second kappa shape index (κ2) is 9.45. The summed E-state index contributed by atoms with van der Waals surface area (Å²) in [5.74, 6) is 0. The molecule has 0 bridgehead atoms. The van der Waals surface area contributed by atoms with Gasteiger partial charge in [-0.2, -0.15) is 0 Å². The second-order valence-electron chi connectivity index (χ2n) is 10.9. The Labute approximate surface area is 215 Å². The summed E-state index contributed by atoms with van der Waals surface area (Å²) in [6, 6.07) is 12.9. The molecule has 6 rings (SSSR count). The summed E-state index contributed by atoms with van der Waals surface area (Å²) in [6.45, 7) is 1.82. The van der Waals surface area contributed by atoms with Crippen molar-refractivity contribution in [3.63, 3.8) is 0 Å². The molecule has 0 radical (unpaired) electrons. The van der Waals surface area contributed by atoms with Gasteiger partial charge in [0.2, 0.25) is 0 Å². The maximum absolute atomic E-state index is 13.7. The monoisotopic (exact) mass is 503 g/mol. The number of hydrogen-bond acceptors (Lipinski definition) is 6. The standard InChI is InChI=1S/C28H33N5O4/c34-25-17-23(21-7-2-1-3-8-21)29-20-32(25)19-28(36)13-15-31(18-27(28)11-4-5-12-27)26(35)33-14-6-9-24(33)22-10-16-37-30-22/h1-3,7-8,10,16-17,20,24,36H,4-6,9,11-15,18-19H2. The van der Waals surface area contributed by atoms with Crippen LogP contribution in [0.4, 0.5) is 4.79 Å². The molecule has 3 aliphatic rings. The van der Waals surface area contributed by atoms with Crippen LogP contribution < -0.4 is 5.56 Å². The maximum Gasteiger partial charge on any atom is 0.320 e. The minimum atomic E-state index is -1.09. The molecule has 9 heteroatoms. The van der Waals surface area contributed by atoms with E-state index in [0.717, 1.165) is 49.8 Å². The SMILES string of the molecule is O=C(N1CCC(O)(Cn2cnc(-c3ccccc3)cc2=O)C2(CCCC2)C1)N1CCCC1c1ccon1. The van der Waals surface area contributed by atoms with Gasteiger partial charge in [0, 0.05) is 42.7 Å². The van der Waals surface area contributed by atoms with E-state index in [1.165, 1.54) is 10.6 Å². The van der Waals surface area contributed by atoms with E-state index in [0.29, 0.717) is 31.7 Å². The van der Waals surface area contributed by atoms with Crippen molar-refractivity contribution in [1.82, 2.24) is 24.5 Å². The zero-order chi connectivity index (χ0) is 25.5. The average molecular weight is 504 g/mol. The lowest BCUT2D eigenvalue weighted by atomic mass is 9.66. The third kappa shape index (κ3) is 4.25. The normalized spacial score (nSPS) is 25.2. The van der Waals surface area contributed by atoms with Gasteiger partial charge in [0.05, 0.1) is 30.2 Å². The minimum Gasteiger partial charge on any atom is -0.387 e. The predicted octanol–water partition coefficient (Wildman–Crippen LogP) is 3.85. The van der Waals surface area contributed by atoms with Crippen LogP contribution in [0.2, 0.25) is 0 Å². The molecule has 1 N–H and O–H groups in total. The first-order valence-electron chi connectivity index (χ1n) is 13.3. The van der Waals surface area contributed by atoms with E-state index in [-0.39, 0.29) is 24.2 Å². The Kier molecular flexibility index (Phi) is 6.10. The van der Waals surface area contributed by atoms with Crippen LogP contribution in [0, 0.1) is 5.41 Å². The van der Waals surface area contributed by atoms with E-state index >= 15 is 0 Å². The van der Waals surface area contributed by atoms with Crippen molar-refractivity contribution in [2.75, 3.05) is 19.6 Å². The number of aromatic nitrogens is 3. The highest BCUT2D eigenvalue weighted by molar-refractivity contribution is 5.75. The lowest BCUT2D eigenvalue weighted by Crippen LogP contribution is -2.63. The van der Waals surface area contributed by atoms with E-state index in [1.54, 1.807) is 12.6 Å². The fourth-order valence-electron chi connectivity index (χ4n) is 6.73. The Balaban J connectivity index is 1.22. The van der Waals surface area contributed by atoms with Crippen molar-refractivity contribution in [1.29, 1.82) is 0 Å². The summed E-state index contributed by atoms with van der Waals surface area (Å²) in [7, 11) is 0. The number of urea groups is 1. The topological polar surface area (TPSA) is 105 Å². The van der Waals surface area contributed by atoms with Gasteiger partial charge >= 0.3 is 6.03 Å². The number of likely N-dealkylation sites (tertiary alicyclic amines) is 2. The molecule has 2 aliphatic heterocycles. The Morgan fingerprint density at radius 1 is 1.08 bits per heavy atom. The Morgan fingerprint density at radius 2 is 1.89 bits per heavy atom. The van der Waals surface area contributed by atoms with Crippen molar-refractivity contribution < 1.29 is 14.4 Å². The van der Waals surface area contributed by atoms with Crippen molar-refractivity contribution in [2.24, 2.45) is 5.41 Å². The first-order chi connectivity index (χ1) is 18.0. The lowest BCUT2D eigenvalue weighted by Gasteiger charge is -2.53. The van der Waals surface area contributed by atoms with Gasteiger partial charge in [-0.15, -0.1) is 0 Å². The molecule has 2 amide bonds. The summed E-state index contributed by atoms with van der Waals surface area (Å²) in [6.07, 6.45) is 9.02. The molecule has 3 fully saturated rings. The Morgan fingerprint density at radius 3 is 2.62 bits per heavy atom. The molecule has 2 atom stereocenters. The summed E-state index contributed by atoms with van der Waals surface area (Å²) >= 11 is 0. The van der Waals surface area contributed by atoms with Crippen LogP contribution >= 0.6 is 0 Å². The van der Waals surface area contributed by atoms with Gasteiger partial charge in [-0.1, -0.05) is 48.3 Å². The minimum absolute atomic E-state index is 0.00451. The third-order valence-corrected chi connectivity index (χ3v) is 8.79. The van der Waals surface area contributed by atoms with Crippen LogP contribution in [-0.4, -0.2) is 60.9 Å². The fraction of sp³-hybridized carbons (Fsp3) is 0.500. The van der Waals surface area contributed by atoms with Crippen molar-refractivity contribution in [3.8, 4) is 11.3 Å². The van der Waals surface area contributed by atoms with Crippen LogP contribution in [0.25, 0.3) is 11.3 Å². The van der Waals surface area contributed by atoms with Crippen LogP contribution in [0.15, 0.2) is 64.4 Å². The highest BCUT2D eigenvalue weighted by Crippen LogP contribution is 2.52. The van der Waals surface area contributed by atoms with Gasteiger partial charge in [0.25, 0.3) is 5.56 Å².